The van der Waals surface area contributed by atoms with Gasteiger partial charge in [-0.1, -0.05) is 48.9 Å². The third kappa shape index (κ3) is 6.23. The van der Waals surface area contributed by atoms with Crippen molar-refractivity contribution in [1.29, 1.82) is 0 Å². The maximum absolute atomic E-state index is 11.3. The van der Waals surface area contributed by atoms with Crippen molar-refractivity contribution in [1.82, 2.24) is 10.6 Å². The second-order valence-corrected chi connectivity index (χ2v) is 9.11. The maximum atomic E-state index is 11.3. The molecule has 0 bridgehead atoms. The van der Waals surface area contributed by atoms with E-state index in [0.717, 1.165) is 32.1 Å². The fourth-order valence-electron chi connectivity index (χ4n) is 4.75. The van der Waals surface area contributed by atoms with Gasteiger partial charge in [0, 0.05) is 24.7 Å². The van der Waals surface area contributed by atoms with Gasteiger partial charge < -0.3 is 15.7 Å². The van der Waals surface area contributed by atoms with E-state index in [1.54, 1.807) is 5.57 Å². The van der Waals surface area contributed by atoms with Crippen LogP contribution in [0.25, 0.3) is 6.08 Å². The van der Waals surface area contributed by atoms with Crippen molar-refractivity contribution in [2.75, 3.05) is 6.54 Å². The van der Waals surface area contributed by atoms with Crippen LogP contribution in [0.5, 0.6) is 0 Å². The zero-order valence-electron chi connectivity index (χ0n) is 17.8. The van der Waals surface area contributed by atoms with E-state index in [2.05, 4.69) is 54.0 Å². The van der Waals surface area contributed by atoms with Gasteiger partial charge in [0.25, 0.3) is 0 Å². The van der Waals surface area contributed by atoms with Crippen LogP contribution in [0.15, 0.2) is 35.9 Å². The fourth-order valence-corrected chi connectivity index (χ4v) is 4.75. The minimum absolute atomic E-state index is 0. The Hall–Kier alpha value is -1.07. The molecule has 168 valence electrons. The normalized spacial score (nSPS) is 29.3. The number of carboxylic acids is 1. The van der Waals surface area contributed by atoms with Gasteiger partial charge in [-0.15, -0.1) is 24.8 Å². The second-order valence-electron chi connectivity index (χ2n) is 9.11. The number of benzene rings is 1. The van der Waals surface area contributed by atoms with Crippen molar-refractivity contribution in [3.63, 3.8) is 0 Å². The molecule has 1 aromatic carbocycles. The van der Waals surface area contributed by atoms with Gasteiger partial charge in [0.1, 0.15) is 0 Å². The van der Waals surface area contributed by atoms with E-state index in [9.17, 15) is 9.90 Å². The number of halogens is 2. The van der Waals surface area contributed by atoms with Crippen molar-refractivity contribution in [2.24, 2.45) is 11.3 Å². The Labute approximate surface area is 193 Å². The molecule has 0 saturated heterocycles. The molecule has 2 atom stereocenters. The highest BCUT2D eigenvalue weighted by Crippen LogP contribution is 2.45. The van der Waals surface area contributed by atoms with E-state index in [-0.39, 0.29) is 24.8 Å². The molecular weight excluding hydrogens is 419 g/mol. The summed E-state index contributed by atoms with van der Waals surface area (Å²) in [4.78, 5) is 11.3. The predicted octanol–water partition coefficient (Wildman–Crippen LogP) is 5.07. The molecule has 3 aliphatic rings. The minimum atomic E-state index is -0.620. The summed E-state index contributed by atoms with van der Waals surface area (Å²) in [5.74, 6) is 0.0803. The van der Waals surface area contributed by atoms with E-state index < -0.39 is 11.4 Å². The van der Waals surface area contributed by atoms with Crippen LogP contribution in [0.1, 0.15) is 63.9 Å². The first-order chi connectivity index (χ1) is 13.6. The van der Waals surface area contributed by atoms with Gasteiger partial charge in [-0.25, -0.2) is 0 Å². The van der Waals surface area contributed by atoms with Crippen molar-refractivity contribution in [3.8, 4) is 0 Å². The van der Waals surface area contributed by atoms with Gasteiger partial charge in [0.2, 0.25) is 0 Å². The van der Waals surface area contributed by atoms with E-state index in [4.69, 9.17) is 0 Å². The van der Waals surface area contributed by atoms with Crippen LogP contribution >= 0.6 is 24.8 Å². The Morgan fingerprint density at radius 3 is 2.30 bits per heavy atom. The Morgan fingerprint density at radius 2 is 1.73 bits per heavy atom. The smallest absolute Gasteiger partial charge is 0.310 e. The quantitative estimate of drug-likeness (QED) is 0.487. The Balaban J connectivity index is 0.00000160. The van der Waals surface area contributed by atoms with Crippen LogP contribution in [0, 0.1) is 11.3 Å². The molecule has 0 aliphatic heterocycles. The average Bonchev–Trinajstić information content (AvgIpc) is 3.63. The molecule has 0 heterocycles. The molecule has 3 saturated carbocycles. The van der Waals surface area contributed by atoms with Gasteiger partial charge in [0.05, 0.1) is 5.41 Å². The van der Waals surface area contributed by atoms with Gasteiger partial charge in [-0.3, -0.25) is 4.79 Å². The van der Waals surface area contributed by atoms with Crippen LogP contribution in [0.4, 0.5) is 0 Å². The first-order valence-corrected chi connectivity index (χ1v) is 11.1. The Kier molecular flexibility index (Phi) is 9.23. The lowest BCUT2D eigenvalue weighted by molar-refractivity contribution is -0.143. The number of rotatable bonds is 9. The molecule has 3 fully saturated rings. The second kappa shape index (κ2) is 11.0. The van der Waals surface area contributed by atoms with Crippen LogP contribution < -0.4 is 10.6 Å². The predicted molar refractivity (Wildman–Crippen MR) is 128 cm³/mol. The molecule has 4 nitrogen and oxygen atoms in total. The van der Waals surface area contributed by atoms with Crippen molar-refractivity contribution in [2.45, 2.75) is 76.4 Å². The highest BCUT2D eigenvalue weighted by atomic mass is 35.5. The first-order valence-electron chi connectivity index (χ1n) is 11.1. The average molecular weight is 455 g/mol. The summed E-state index contributed by atoms with van der Waals surface area (Å²) in [5.41, 5.74) is 2.44. The van der Waals surface area contributed by atoms with Crippen LogP contribution in [-0.4, -0.2) is 35.7 Å². The summed E-state index contributed by atoms with van der Waals surface area (Å²) >= 11 is 0. The van der Waals surface area contributed by atoms with E-state index in [0.29, 0.717) is 30.6 Å². The number of hydrogen-bond acceptors (Lipinski definition) is 3. The molecule has 4 rings (SSSR count). The minimum Gasteiger partial charge on any atom is -0.481 e. The largest absolute Gasteiger partial charge is 0.481 e. The monoisotopic (exact) mass is 454 g/mol. The summed E-state index contributed by atoms with van der Waals surface area (Å²) in [5, 5.41) is 16.8. The molecule has 0 spiro atoms. The lowest BCUT2D eigenvalue weighted by Crippen LogP contribution is -2.43. The maximum Gasteiger partial charge on any atom is 0.310 e. The van der Waals surface area contributed by atoms with Crippen molar-refractivity contribution in [3.05, 3.63) is 41.5 Å². The SMILES string of the molecule is CC/C(=C\c1ccccc1)[C@@H]1C[C@H]1N[C@H]1CC[C@H](NCC2(C(=O)O)CC2)CC1.Cl.Cl. The molecule has 0 amide bonds. The fraction of sp³-hybridized carbons (Fsp3) is 0.625. The summed E-state index contributed by atoms with van der Waals surface area (Å²) in [6, 6.07) is 12.4. The third-order valence-electron chi connectivity index (χ3n) is 7.04. The van der Waals surface area contributed by atoms with Crippen molar-refractivity contribution >= 4 is 36.9 Å². The molecule has 30 heavy (non-hydrogen) atoms. The standard InChI is InChI=1S/C24H34N2O2.2ClH/c1-2-18(14-17-6-4-3-5-7-17)21-15-22(21)26-20-10-8-19(9-11-20)25-16-24(12-13-24)23(27)28;;/h3-7,14,19-22,25-26H,2,8-13,15-16H2,1H3,(H,27,28);2*1H/b18-14+;;/t19-,20-,21-,22+;;/m0../s1. The number of aliphatic carboxylic acids is 1. The summed E-state index contributed by atoms with van der Waals surface area (Å²) < 4.78 is 0. The topological polar surface area (TPSA) is 61.4 Å². The Morgan fingerprint density at radius 1 is 1.10 bits per heavy atom. The summed E-state index contributed by atoms with van der Waals surface area (Å²) in [6.45, 7) is 2.92. The number of carboxylic acid groups (broad SMARTS) is 1. The number of hydrogen-bond donors (Lipinski definition) is 3. The number of carbonyl (C=O) groups is 1. The van der Waals surface area contributed by atoms with Crippen LogP contribution in [-0.2, 0) is 4.79 Å². The van der Waals surface area contributed by atoms with Crippen LogP contribution in [0.3, 0.4) is 0 Å². The lowest BCUT2D eigenvalue weighted by Gasteiger charge is -2.31. The van der Waals surface area contributed by atoms with E-state index in [1.165, 1.54) is 24.8 Å². The molecule has 0 unspecified atom stereocenters. The van der Waals surface area contributed by atoms with Gasteiger partial charge in [-0.2, -0.15) is 0 Å². The molecule has 0 radical (unpaired) electrons. The van der Waals surface area contributed by atoms with Crippen LogP contribution in [0.2, 0.25) is 0 Å². The molecule has 3 N–H and O–H groups in total. The molecular formula is C24H36Cl2N2O2. The highest BCUT2D eigenvalue weighted by molar-refractivity contribution is 5.85. The summed E-state index contributed by atoms with van der Waals surface area (Å²) in [6.07, 6.45) is 11.2. The lowest BCUT2D eigenvalue weighted by atomic mass is 9.90. The zero-order valence-corrected chi connectivity index (χ0v) is 19.4. The number of nitrogens with one attached hydrogen (secondary N) is 2. The van der Waals surface area contributed by atoms with E-state index in [1.807, 2.05) is 0 Å². The third-order valence-corrected chi connectivity index (χ3v) is 7.04. The first kappa shape index (κ1) is 25.2. The van der Waals surface area contributed by atoms with Crippen molar-refractivity contribution < 1.29 is 9.90 Å². The van der Waals surface area contributed by atoms with E-state index >= 15 is 0 Å². The molecule has 6 heteroatoms. The van der Waals surface area contributed by atoms with Gasteiger partial charge >= 0.3 is 5.97 Å². The molecule has 3 aliphatic carbocycles. The van der Waals surface area contributed by atoms with Gasteiger partial charge in [-0.05, 0) is 62.8 Å². The van der Waals surface area contributed by atoms with Gasteiger partial charge in [0.15, 0.2) is 0 Å². The molecule has 1 aromatic rings. The highest BCUT2D eigenvalue weighted by Gasteiger charge is 2.50. The molecule has 0 aromatic heterocycles. The zero-order chi connectivity index (χ0) is 19.6. The Bertz CT molecular complexity index is 713. The summed E-state index contributed by atoms with van der Waals surface area (Å²) in [7, 11) is 0.